The predicted octanol–water partition coefficient (Wildman–Crippen LogP) is 2.19. The van der Waals surface area contributed by atoms with Crippen LogP contribution in [-0.4, -0.2) is 19.1 Å². The Morgan fingerprint density at radius 2 is 1.90 bits per heavy atom. The number of thiol groups is 1. The molecule has 1 N–H and O–H groups in total. The highest BCUT2D eigenvalue weighted by Gasteiger charge is 1.92. The number of hydrogen-bond donors (Lipinski definition) is 2. The maximum Gasteiger partial charge on any atom is 0.00411 e. The van der Waals surface area contributed by atoms with Crippen LogP contribution in [0.3, 0.4) is 0 Å². The Bertz CT molecular complexity index is 61.7. The molecule has 2 heteroatoms. The quantitative estimate of drug-likeness (QED) is 0.468. The lowest BCUT2D eigenvalue weighted by Crippen LogP contribution is -2.10. The molecule has 0 aliphatic heterocycles. The molecule has 0 aliphatic carbocycles. The van der Waals surface area contributed by atoms with E-state index < -0.39 is 0 Å². The van der Waals surface area contributed by atoms with Gasteiger partial charge in [0.05, 0.1) is 0 Å². The van der Waals surface area contributed by atoms with Crippen molar-refractivity contribution in [3.63, 3.8) is 0 Å². The van der Waals surface area contributed by atoms with E-state index in [2.05, 4.69) is 31.1 Å². The highest BCUT2D eigenvalue weighted by Crippen LogP contribution is 2.07. The fourth-order valence-electron chi connectivity index (χ4n) is 0.813. The molecule has 0 bridgehead atoms. The summed E-state index contributed by atoms with van der Waals surface area (Å²) in [5.41, 5.74) is 0. The number of hydrogen-bond acceptors (Lipinski definition) is 1. The van der Waals surface area contributed by atoms with Crippen LogP contribution in [0.5, 0.6) is 0 Å². The molecule has 0 radical (unpaired) electrons. The first-order valence-electron chi connectivity index (χ1n) is 4.03. The lowest BCUT2D eigenvalue weighted by atomic mass is 10.1. The third-order valence-electron chi connectivity index (χ3n) is 1.39. The van der Waals surface area contributed by atoms with Crippen LogP contribution in [-0.2, 0) is 0 Å². The monoisotopic (exact) mass is 163 g/mol. The number of rotatable bonds is 5. The summed E-state index contributed by atoms with van der Waals surface area (Å²) in [5, 5.41) is 0. The Morgan fingerprint density at radius 3 is 2.30 bits per heavy atom. The van der Waals surface area contributed by atoms with Crippen molar-refractivity contribution < 1.29 is 0 Å². The Hall–Kier alpha value is 0.310. The second-order valence-corrected chi connectivity index (χ2v) is 5.44. The maximum atomic E-state index is 3.47. The summed E-state index contributed by atoms with van der Waals surface area (Å²) in [6.07, 6.45) is 7.20. The zero-order chi connectivity index (χ0) is 7.98. The van der Waals surface area contributed by atoms with Crippen LogP contribution in [0.25, 0.3) is 0 Å². The molecule has 0 saturated heterocycles. The summed E-state index contributed by atoms with van der Waals surface area (Å²) in [5.74, 6) is 0.863. The van der Waals surface area contributed by atoms with Crippen LogP contribution in [0.15, 0.2) is 0 Å². The minimum absolute atomic E-state index is 0.119. The molecule has 0 aromatic heterocycles. The molecule has 0 amide bonds. The van der Waals surface area contributed by atoms with Gasteiger partial charge in [-0.2, -0.15) is 0 Å². The van der Waals surface area contributed by atoms with Crippen LogP contribution in [0.2, 0.25) is 0 Å². The zero-order valence-corrected chi connectivity index (χ0v) is 8.54. The smallest absolute Gasteiger partial charge is 0.00411 e. The second kappa shape index (κ2) is 6.05. The molecule has 10 heavy (non-hydrogen) atoms. The van der Waals surface area contributed by atoms with Crippen molar-refractivity contribution >= 4 is 11.1 Å². The van der Waals surface area contributed by atoms with Gasteiger partial charge in [0.2, 0.25) is 0 Å². The van der Waals surface area contributed by atoms with Crippen LogP contribution in [0.1, 0.15) is 26.7 Å². The van der Waals surface area contributed by atoms with E-state index in [1.807, 2.05) is 0 Å². The second-order valence-electron chi connectivity index (χ2n) is 3.34. The van der Waals surface area contributed by atoms with Gasteiger partial charge in [0.25, 0.3) is 0 Å². The Morgan fingerprint density at radius 1 is 1.30 bits per heavy atom. The van der Waals surface area contributed by atoms with E-state index in [4.69, 9.17) is 0 Å². The fourth-order valence-corrected chi connectivity index (χ4v) is 1.42. The van der Waals surface area contributed by atoms with Crippen LogP contribution >= 0.6 is 11.1 Å². The van der Waals surface area contributed by atoms with Crippen molar-refractivity contribution in [1.82, 2.24) is 4.72 Å². The lowest BCUT2D eigenvalue weighted by molar-refractivity contribution is 0.555. The molecule has 0 aromatic rings. The largest absolute Gasteiger partial charge is 0.284 e. The van der Waals surface area contributed by atoms with Gasteiger partial charge in [-0.05, 0) is 31.3 Å². The summed E-state index contributed by atoms with van der Waals surface area (Å²) in [6.45, 7) is 5.76. The average Bonchev–Trinajstić information content (AvgIpc) is 1.79. The van der Waals surface area contributed by atoms with Crippen molar-refractivity contribution in [3.8, 4) is 0 Å². The highest BCUT2D eigenvalue weighted by molar-refractivity contribution is 8.14. The van der Waals surface area contributed by atoms with Crippen molar-refractivity contribution in [2.24, 2.45) is 5.92 Å². The van der Waals surface area contributed by atoms with Gasteiger partial charge in [-0.15, -0.1) is 0 Å². The molecule has 0 aliphatic rings. The van der Waals surface area contributed by atoms with Crippen LogP contribution in [0, 0.1) is 5.92 Å². The first-order chi connectivity index (χ1) is 4.63. The normalized spacial score (nSPS) is 12.3. The third-order valence-corrected chi connectivity index (χ3v) is 2.24. The zero-order valence-electron chi connectivity index (χ0n) is 7.65. The van der Waals surface area contributed by atoms with Gasteiger partial charge in [-0.25, -0.2) is 11.1 Å². The van der Waals surface area contributed by atoms with Gasteiger partial charge in [0.15, 0.2) is 0 Å². The van der Waals surface area contributed by atoms with Gasteiger partial charge in [-0.3, -0.25) is 4.72 Å². The topological polar surface area (TPSA) is 12.0 Å². The highest BCUT2D eigenvalue weighted by atomic mass is 32.2. The van der Waals surface area contributed by atoms with E-state index >= 15 is 0 Å². The summed E-state index contributed by atoms with van der Waals surface area (Å²) < 4.78 is 3.47. The molecule has 0 aromatic carbocycles. The van der Waals surface area contributed by atoms with Gasteiger partial charge >= 0.3 is 0 Å². The summed E-state index contributed by atoms with van der Waals surface area (Å²) in [7, 11) is 0. The molecule has 1 nitrogen and oxygen atoms in total. The molecule has 0 spiro atoms. The SMILES string of the molecule is CC(C)CCCN[SH](C)C. The van der Waals surface area contributed by atoms with Crippen molar-refractivity contribution in [1.29, 1.82) is 0 Å². The minimum Gasteiger partial charge on any atom is -0.284 e. The maximum absolute atomic E-state index is 3.47. The van der Waals surface area contributed by atoms with Crippen molar-refractivity contribution in [3.05, 3.63) is 0 Å². The molecule has 0 saturated carbocycles. The molecule has 0 heterocycles. The van der Waals surface area contributed by atoms with Gasteiger partial charge < -0.3 is 0 Å². The summed E-state index contributed by atoms with van der Waals surface area (Å²) in [6, 6.07) is 0. The first-order valence-corrected chi connectivity index (χ1v) is 6.27. The molecule has 0 fully saturated rings. The number of nitrogens with one attached hydrogen (secondary N) is 1. The van der Waals surface area contributed by atoms with Crippen molar-refractivity contribution in [2.45, 2.75) is 26.7 Å². The minimum atomic E-state index is 0.119. The predicted molar refractivity (Wildman–Crippen MR) is 52.9 cm³/mol. The lowest BCUT2D eigenvalue weighted by Gasteiger charge is -2.11. The van der Waals surface area contributed by atoms with E-state index in [0.717, 1.165) is 5.92 Å². The molecule has 0 atom stereocenters. The third kappa shape index (κ3) is 8.31. The summed E-state index contributed by atoms with van der Waals surface area (Å²) >= 11 is 0.119. The molecule has 64 valence electrons. The Kier molecular flexibility index (Phi) is 6.24. The molecular weight excluding hydrogens is 142 g/mol. The van der Waals surface area contributed by atoms with Gasteiger partial charge in [-0.1, -0.05) is 13.8 Å². The van der Waals surface area contributed by atoms with E-state index in [0.29, 0.717) is 0 Å². The Labute approximate surface area is 68.1 Å². The van der Waals surface area contributed by atoms with E-state index in [9.17, 15) is 0 Å². The van der Waals surface area contributed by atoms with Crippen molar-refractivity contribution in [2.75, 3.05) is 19.1 Å². The van der Waals surface area contributed by atoms with E-state index in [-0.39, 0.29) is 11.1 Å². The average molecular weight is 163 g/mol. The fraction of sp³-hybridized carbons (Fsp3) is 1.00. The molecule has 0 unspecified atom stereocenters. The molecular formula is C8H21NS. The van der Waals surface area contributed by atoms with Gasteiger partial charge in [0.1, 0.15) is 0 Å². The first kappa shape index (κ1) is 10.3. The van der Waals surface area contributed by atoms with Crippen LogP contribution in [0.4, 0.5) is 0 Å². The van der Waals surface area contributed by atoms with E-state index in [1.54, 1.807) is 0 Å². The Balaban J connectivity index is 2.91. The van der Waals surface area contributed by atoms with Gasteiger partial charge in [0, 0.05) is 6.54 Å². The summed E-state index contributed by atoms with van der Waals surface area (Å²) in [4.78, 5) is 0. The van der Waals surface area contributed by atoms with Crippen LogP contribution < -0.4 is 4.72 Å². The standard InChI is InChI=1S/C8H21NS/c1-8(2)6-5-7-9-10(3)4/h8-10H,5-7H2,1-4H3. The molecule has 0 rings (SSSR count). The van der Waals surface area contributed by atoms with E-state index in [1.165, 1.54) is 19.4 Å².